The van der Waals surface area contributed by atoms with Crippen molar-refractivity contribution in [3.05, 3.63) is 0 Å². The van der Waals surface area contributed by atoms with Crippen molar-refractivity contribution in [2.75, 3.05) is 0 Å². The van der Waals surface area contributed by atoms with Crippen molar-refractivity contribution in [1.82, 2.24) is 0 Å². The molecule has 0 N–H and O–H groups in total. The quantitative estimate of drug-likeness (QED) is 0.550. The lowest BCUT2D eigenvalue weighted by Gasteiger charge is -2.04. The van der Waals surface area contributed by atoms with Gasteiger partial charge in [-0.15, -0.1) is 0 Å². The molecule has 3 atom stereocenters. The molecule has 0 aromatic rings. The molecule has 0 aromatic carbocycles. The van der Waals surface area contributed by atoms with Crippen molar-refractivity contribution < 1.29 is 4.74 Å². The highest BCUT2D eigenvalue weighted by molar-refractivity contribution is 4.80. The van der Waals surface area contributed by atoms with E-state index in [2.05, 4.69) is 20.8 Å². The third kappa shape index (κ3) is 2.30. The monoisotopic (exact) mass is 142 g/mol. The fourth-order valence-corrected chi connectivity index (χ4v) is 1.19. The normalized spacial score (nSPS) is 33.9. The van der Waals surface area contributed by atoms with Crippen molar-refractivity contribution in [3.63, 3.8) is 0 Å². The van der Waals surface area contributed by atoms with Crippen LogP contribution in [0.5, 0.6) is 0 Å². The maximum Gasteiger partial charge on any atom is 0.0839 e. The molecule has 1 nitrogen and oxygen atoms in total. The summed E-state index contributed by atoms with van der Waals surface area (Å²) in [5, 5.41) is 0. The van der Waals surface area contributed by atoms with Crippen molar-refractivity contribution in [1.29, 1.82) is 0 Å². The van der Waals surface area contributed by atoms with E-state index in [1.807, 2.05) is 0 Å². The van der Waals surface area contributed by atoms with Crippen LogP contribution >= 0.6 is 0 Å². The number of rotatable bonds is 4. The second kappa shape index (κ2) is 3.38. The van der Waals surface area contributed by atoms with Gasteiger partial charge in [0.25, 0.3) is 0 Å². The molecule has 0 bridgehead atoms. The van der Waals surface area contributed by atoms with Crippen LogP contribution in [0.4, 0.5) is 0 Å². The van der Waals surface area contributed by atoms with Crippen LogP contribution in [-0.2, 0) is 4.74 Å². The minimum absolute atomic E-state index is 0.559. The molecule has 60 valence electrons. The minimum atomic E-state index is 0.559. The zero-order chi connectivity index (χ0) is 7.56. The zero-order valence-corrected chi connectivity index (χ0v) is 7.26. The Morgan fingerprint density at radius 2 is 2.10 bits per heavy atom. The molecule has 0 amide bonds. The lowest BCUT2D eigenvalue weighted by Crippen LogP contribution is -1.96. The highest BCUT2D eigenvalue weighted by Crippen LogP contribution is 2.27. The van der Waals surface area contributed by atoms with Crippen molar-refractivity contribution in [2.45, 2.75) is 52.2 Å². The molecule has 1 heteroatoms. The van der Waals surface area contributed by atoms with Crippen LogP contribution in [0.15, 0.2) is 0 Å². The molecule has 0 saturated carbocycles. The number of hydrogen-bond acceptors (Lipinski definition) is 1. The third-order valence-corrected chi connectivity index (χ3v) is 2.48. The third-order valence-electron chi connectivity index (χ3n) is 2.48. The standard InChI is InChI=1S/C9H18O/c1-4-7(2)5-6-9-8(3)10-9/h7-9H,4-6H2,1-3H3/t7?,8?,9-/m0/s1. The summed E-state index contributed by atoms with van der Waals surface area (Å²) in [4.78, 5) is 0. The summed E-state index contributed by atoms with van der Waals surface area (Å²) in [5.74, 6) is 0.886. The molecule has 1 aliphatic rings. The second-order valence-corrected chi connectivity index (χ2v) is 3.47. The molecule has 0 radical (unpaired) electrons. The van der Waals surface area contributed by atoms with Gasteiger partial charge >= 0.3 is 0 Å². The Hall–Kier alpha value is -0.0400. The molecule has 1 aliphatic heterocycles. The smallest absolute Gasteiger partial charge is 0.0839 e. The van der Waals surface area contributed by atoms with Gasteiger partial charge in [-0.3, -0.25) is 0 Å². The highest BCUT2D eigenvalue weighted by Gasteiger charge is 2.33. The van der Waals surface area contributed by atoms with Gasteiger partial charge in [-0.2, -0.15) is 0 Å². The Balaban J connectivity index is 1.95. The van der Waals surface area contributed by atoms with E-state index in [1.165, 1.54) is 19.3 Å². The van der Waals surface area contributed by atoms with E-state index in [1.54, 1.807) is 0 Å². The number of hydrogen-bond donors (Lipinski definition) is 0. The first-order chi connectivity index (χ1) is 4.74. The zero-order valence-electron chi connectivity index (χ0n) is 7.26. The molecule has 1 heterocycles. The molecular formula is C9H18O. The first kappa shape index (κ1) is 8.06. The van der Waals surface area contributed by atoms with Crippen LogP contribution in [0.25, 0.3) is 0 Å². The maximum absolute atomic E-state index is 5.31. The van der Waals surface area contributed by atoms with E-state index in [-0.39, 0.29) is 0 Å². The van der Waals surface area contributed by atoms with E-state index in [0.717, 1.165) is 5.92 Å². The molecule has 0 aromatic heterocycles. The Kier molecular flexibility index (Phi) is 2.72. The summed E-state index contributed by atoms with van der Waals surface area (Å²) < 4.78 is 5.31. The Bertz CT molecular complexity index is 96.9. The van der Waals surface area contributed by atoms with Crippen LogP contribution in [0, 0.1) is 5.92 Å². The molecule has 0 spiro atoms. The predicted octanol–water partition coefficient (Wildman–Crippen LogP) is 2.60. The summed E-state index contributed by atoms with van der Waals surface area (Å²) in [7, 11) is 0. The van der Waals surface area contributed by atoms with E-state index in [4.69, 9.17) is 4.74 Å². The van der Waals surface area contributed by atoms with Crippen LogP contribution in [0.1, 0.15) is 40.0 Å². The van der Waals surface area contributed by atoms with Gasteiger partial charge in [0.2, 0.25) is 0 Å². The van der Waals surface area contributed by atoms with E-state index >= 15 is 0 Å². The van der Waals surface area contributed by atoms with Gasteiger partial charge in [0.05, 0.1) is 12.2 Å². The molecule has 1 fully saturated rings. The first-order valence-corrected chi connectivity index (χ1v) is 4.39. The Morgan fingerprint density at radius 1 is 1.50 bits per heavy atom. The fourth-order valence-electron chi connectivity index (χ4n) is 1.19. The van der Waals surface area contributed by atoms with Gasteiger partial charge in [-0.25, -0.2) is 0 Å². The fraction of sp³-hybridized carbons (Fsp3) is 1.00. The van der Waals surface area contributed by atoms with Gasteiger partial charge in [0.1, 0.15) is 0 Å². The topological polar surface area (TPSA) is 12.5 Å². The summed E-state index contributed by atoms with van der Waals surface area (Å²) in [6.45, 7) is 6.72. The Labute approximate surface area is 63.8 Å². The Morgan fingerprint density at radius 3 is 2.50 bits per heavy atom. The molecule has 0 aliphatic carbocycles. The lowest BCUT2D eigenvalue weighted by molar-refractivity contribution is 0.353. The summed E-state index contributed by atoms with van der Waals surface area (Å²) in [5.41, 5.74) is 0. The van der Waals surface area contributed by atoms with Gasteiger partial charge in [0.15, 0.2) is 0 Å². The number of ether oxygens (including phenoxy) is 1. The molecule has 1 rings (SSSR count). The second-order valence-electron chi connectivity index (χ2n) is 3.47. The van der Waals surface area contributed by atoms with Crippen LogP contribution in [0.2, 0.25) is 0 Å². The molecule has 2 unspecified atom stereocenters. The van der Waals surface area contributed by atoms with Crippen LogP contribution < -0.4 is 0 Å². The minimum Gasteiger partial charge on any atom is -0.370 e. The largest absolute Gasteiger partial charge is 0.370 e. The average Bonchev–Trinajstić information content (AvgIpc) is 2.61. The van der Waals surface area contributed by atoms with Crippen LogP contribution in [-0.4, -0.2) is 12.2 Å². The van der Waals surface area contributed by atoms with E-state index in [0.29, 0.717) is 12.2 Å². The molecule has 1 saturated heterocycles. The highest BCUT2D eigenvalue weighted by atomic mass is 16.6. The summed E-state index contributed by atoms with van der Waals surface area (Å²) in [6.07, 6.45) is 5.08. The SMILES string of the molecule is CCC(C)CC[C@@H]1OC1C. The van der Waals surface area contributed by atoms with Crippen LogP contribution in [0.3, 0.4) is 0 Å². The van der Waals surface area contributed by atoms with Crippen molar-refractivity contribution in [3.8, 4) is 0 Å². The van der Waals surface area contributed by atoms with Gasteiger partial charge < -0.3 is 4.74 Å². The maximum atomic E-state index is 5.31. The van der Waals surface area contributed by atoms with Crippen molar-refractivity contribution in [2.24, 2.45) is 5.92 Å². The van der Waals surface area contributed by atoms with E-state index < -0.39 is 0 Å². The number of epoxide rings is 1. The van der Waals surface area contributed by atoms with Crippen molar-refractivity contribution >= 4 is 0 Å². The average molecular weight is 142 g/mol. The van der Waals surface area contributed by atoms with Gasteiger partial charge in [-0.05, 0) is 25.7 Å². The molecule has 10 heavy (non-hydrogen) atoms. The summed E-state index contributed by atoms with van der Waals surface area (Å²) >= 11 is 0. The molecular weight excluding hydrogens is 124 g/mol. The first-order valence-electron chi connectivity index (χ1n) is 4.39. The lowest BCUT2D eigenvalue weighted by atomic mass is 10.0. The summed E-state index contributed by atoms with van der Waals surface area (Å²) in [6, 6.07) is 0. The van der Waals surface area contributed by atoms with Gasteiger partial charge in [-0.1, -0.05) is 20.3 Å². The van der Waals surface area contributed by atoms with Gasteiger partial charge in [0, 0.05) is 0 Å². The predicted molar refractivity (Wildman–Crippen MR) is 43.0 cm³/mol. The van der Waals surface area contributed by atoms with E-state index in [9.17, 15) is 0 Å².